The molecular formula is C27H26ClF3N6O5. The molecule has 11 nitrogen and oxygen atoms in total. The van der Waals surface area contributed by atoms with Gasteiger partial charge in [0.05, 0.1) is 29.0 Å². The van der Waals surface area contributed by atoms with Crippen LogP contribution in [0.5, 0.6) is 17.2 Å². The van der Waals surface area contributed by atoms with Crippen molar-refractivity contribution in [2.45, 2.75) is 6.18 Å². The molecule has 2 aliphatic heterocycles. The fraction of sp³-hybridized carbons (Fsp3) is 0.296. The molecule has 2 aromatic carbocycles. The summed E-state index contributed by atoms with van der Waals surface area (Å²) in [6, 6.07) is 7.50. The summed E-state index contributed by atoms with van der Waals surface area (Å²) in [5, 5.41) is 12.1. The van der Waals surface area contributed by atoms with Crippen molar-refractivity contribution in [2.24, 2.45) is 0 Å². The van der Waals surface area contributed by atoms with Crippen LogP contribution in [0.1, 0.15) is 15.9 Å². The minimum atomic E-state index is -4.62. The Balaban J connectivity index is 1.42. The first-order chi connectivity index (χ1) is 19.9. The number of aromatic nitrogens is 1. The first-order valence-corrected chi connectivity index (χ1v) is 13.1. The average molecular weight is 607 g/mol. The summed E-state index contributed by atoms with van der Waals surface area (Å²) in [5.74, 6) is -0.834. The number of fused-ring (bicyclic) bond motifs is 1. The molecule has 5 rings (SSSR count). The Hall–Kier alpha value is -4.43. The van der Waals surface area contributed by atoms with E-state index in [9.17, 15) is 27.9 Å². The lowest BCUT2D eigenvalue weighted by molar-refractivity contribution is -0.137. The van der Waals surface area contributed by atoms with Gasteiger partial charge in [0.1, 0.15) is 12.4 Å². The van der Waals surface area contributed by atoms with Crippen LogP contribution >= 0.6 is 11.6 Å². The summed E-state index contributed by atoms with van der Waals surface area (Å²) in [7, 11) is 1.94. The lowest BCUT2D eigenvalue weighted by Crippen LogP contribution is -2.44. The molecule has 15 heteroatoms. The number of amides is 2. The summed E-state index contributed by atoms with van der Waals surface area (Å²) in [5.41, 5.74) is 5.52. The predicted molar refractivity (Wildman–Crippen MR) is 150 cm³/mol. The molecule has 0 unspecified atom stereocenters. The van der Waals surface area contributed by atoms with Crippen LogP contribution in [0.4, 0.5) is 40.8 Å². The number of carbonyl (C=O) groups is 2. The first-order valence-electron chi connectivity index (χ1n) is 12.8. The fourth-order valence-corrected chi connectivity index (χ4v) is 4.73. The van der Waals surface area contributed by atoms with E-state index in [1.54, 1.807) is 0 Å². The summed E-state index contributed by atoms with van der Waals surface area (Å²) in [6.07, 6.45) is -4.66. The molecule has 0 bridgehead atoms. The number of carbonyl (C=O) groups excluding carboxylic acids is 1. The van der Waals surface area contributed by atoms with Gasteiger partial charge in [-0.25, -0.2) is 9.78 Å². The topological polar surface area (TPSA) is 133 Å². The number of rotatable bonds is 5. The van der Waals surface area contributed by atoms with Crippen molar-refractivity contribution in [1.29, 1.82) is 0 Å². The molecule has 0 aliphatic carbocycles. The molecule has 0 saturated carbocycles. The highest BCUT2D eigenvalue weighted by molar-refractivity contribution is 6.32. The van der Waals surface area contributed by atoms with Crippen LogP contribution in [-0.2, 0) is 6.18 Å². The number of likely N-dealkylation sites (N-methyl/N-ethyl adjacent to an activating group) is 1. The normalized spacial score (nSPS) is 15.5. The minimum absolute atomic E-state index is 0.0179. The maximum absolute atomic E-state index is 13.7. The van der Waals surface area contributed by atoms with Crippen molar-refractivity contribution in [2.75, 3.05) is 67.2 Å². The Labute approximate surface area is 243 Å². The predicted octanol–water partition coefficient (Wildman–Crippen LogP) is 5.01. The second-order valence-electron chi connectivity index (χ2n) is 9.74. The van der Waals surface area contributed by atoms with Gasteiger partial charge in [-0.1, -0.05) is 11.6 Å². The van der Waals surface area contributed by atoms with Crippen LogP contribution in [0, 0.1) is 0 Å². The molecule has 1 aromatic heterocycles. The minimum Gasteiger partial charge on any atom is -0.484 e. The molecule has 3 aromatic rings. The Kier molecular flexibility index (Phi) is 7.93. The van der Waals surface area contributed by atoms with Crippen molar-refractivity contribution in [3.8, 4) is 17.2 Å². The van der Waals surface area contributed by atoms with Crippen molar-refractivity contribution in [3.63, 3.8) is 0 Å². The van der Waals surface area contributed by atoms with Gasteiger partial charge < -0.3 is 35.4 Å². The molecule has 4 N–H and O–H groups in total. The number of piperazine rings is 1. The zero-order valence-corrected chi connectivity index (χ0v) is 23.0. The Morgan fingerprint density at radius 3 is 2.55 bits per heavy atom. The van der Waals surface area contributed by atoms with E-state index >= 15 is 0 Å². The number of hydrogen-bond acceptors (Lipinski definition) is 8. The van der Waals surface area contributed by atoms with E-state index in [4.69, 9.17) is 26.8 Å². The van der Waals surface area contributed by atoms with Crippen LogP contribution < -0.4 is 30.3 Å². The fourth-order valence-electron chi connectivity index (χ4n) is 4.57. The average Bonchev–Trinajstić information content (AvgIpc) is 2.94. The van der Waals surface area contributed by atoms with E-state index in [0.717, 1.165) is 17.0 Å². The molecule has 2 aliphatic rings. The van der Waals surface area contributed by atoms with E-state index in [2.05, 4.69) is 15.2 Å². The van der Waals surface area contributed by atoms with Gasteiger partial charge in [0.2, 0.25) is 5.75 Å². The lowest BCUT2D eigenvalue weighted by Gasteiger charge is -2.34. The lowest BCUT2D eigenvalue weighted by atomic mass is 10.1. The van der Waals surface area contributed by atoms with E-state index < -0.39 is 23.7 Å². The van der Waals surface area contributed by atoms with Gasteiger partial charge in [-0.3, -0.25) is 9.69 Å². The number of alkyl halides is 3. The van der Waals surface area contributed by atoms with E-state index in [0.29, 0.717) is 31.9 Å². The van der Waals surface area contributed by atoms with Crippen LogP contribution in [0.2, 0.25) is 5.02 Å². The van der Waals surface area contributed by atoms with Crippen molar-refractivity contribution >= 4 is 46.5 Å². The molecule has 2 amide bonds. The van der Waals surface area contributed by atoms with Gasteiger partial charge in [0.15, 0.2) is 11.6 Å². The highest BCUT2D eigenvalue weighted by Gasteiger charge is 2.33. The van der Waals surface area contributed by atoms with Gasteiger partial charge in [-0.2, -0.15) is 13.2 Å². The Morgan fingerprint density at radius 1 is 1.12 bits per heavy atom. The monoisotopic (exact) mass is 606 g/mol. The van der Waals surface area contributed by atoms with E-state index in [1.165, 1.54) is 30.5 Å². The van der Waals surface area contributed by atoms with Gasteiger partial charge in [-0.15, -0.1) is 0 Å². The molecule has 0 atom stereocenters. The van der Waals surface area contributed by atoms with Crippen molar-refractivity contribution in [1.82, 2.24) is 9.88 Å². The number of pyridine rings is 1. The quantitative estimate of drug-likeness (QED) is 0.366. The summed E-state index contributed by atoms with van der Waals surface area (Å²) >= 11 is 6.32. The largest absolute Gasteiger partial charge is 0.484 e. The maximum atomic E-state index is 13.7. The standard InChI is InChI=1S/C27H26ClF3N6O5/c1-35-4-6-36(7-5-35)18-12-16(27(29,30)31)11-17(13-18)34-25(38)15-2-3-19(28)21(10-15)42-22-20(32)14-33-24-23(22)41-9-8-37(24)26(39)40/h2-3,10-14H,4-9,32H2,1H3,(H,34,38)(H,39,40). The number of carboxylic acid groups (broad SMARTS) is 1. The number of hydrogen-bond donors (Lipinski definition) is 3. The van der Waals surface area contributed by atoms with Gasteiger partial charge in [-0.05, 0) is 43.4 Å². The third kappa shape index (κ3) is 6.09. The van der Waals surface area contributed by atoms with Gasteiger partial charge >= 0.3 is 12.3 Å². The zero-order chi connectivity index (χ0) is 30.2. The second-order valence-corrected chi connectivity index (χ2v) is 10.1. The smallest absolute Gasteiger partial charge is 0.416 e. The zero-order valence-electron chi connectivity index (χ0n) is 22.2. The van der Waals surface area contributed by atoms with Crippen LogP contribution in [0.25, 0.3) is 0 Å². The Bertz CT molecular complexity index is 1530. The van der Waals surface area contributed by atoms with Crippen molar-refractivity contribution < 1.29 is 37.3 Å². The number of benzene rings is 2. The molecule has 42 heavy (non-hydrogen) atoms. The number of halogens is 4. The van der Waals surface area contributed by atoms with Crippen LogP contribution in [-0.4, -0.2) is 73.4 Å². The summed E-state index contributed by atoms with van der Waals surface area (Å²) in [4.78, 5) is 33.8. The number of anilines is 4. The van der Waals surface area contributed by atoms with E-state index in [-0.39, 0.29) is 58.2 Å². The van der Waals surface area contributed by atoms with Gasteiger partial charge in [0, 0.05) is 43.1 Å². The highest BCUT2D eigenvalue weighted by atomic mass is 35.5. The number of nitrogens with two attached hydrogens (primary N) is 1. The SMILES string of the molecule is CN1CCN(c2cc(NC(=O)c3ccc(Cl)c(Oc4c(N)cnc5c4OCCN5C(=O)O)c3)cc(C(F)(F)F)c2)CC1. The van der Waals surface area contributed by atoms with Crippen LogP contribution in [0.3, 0.4) is 0 Å². The molecule has 1 saturated heterocycles. The molecule has 0 radical (unpaired) electrons. The Morgan fingerprint density at radius 2 is 1.86 bits per heavy atom. The number of nitrogens with one attached hydrogen (secondary N) is 1. The van der Waals surface area contributed by atoms with Crippen LogP contribution in [0.15, 0.2) is 42.6 Å². The molecule has 222 valence electrons. The first kappa shape index (κ1) is 29.1. The highest BCUT2D eigenvalue weighted by Crippen LogP contribution is 2.45. The second kappa shape index (κ2) is 11.4. The third-order valence-corrected chi connectivity index (χ3v) is 7.13. The van der Waals surface area contributed by atoms with Gasteiger partial charge in [0.25, 0.3) is 5.91 Å². The van der Waals surface area contributed by atoms with E-state index in [1.807, 2.05) is 11.9 Å². The number of ether oxygens (including phenoxy) is 2. The maximum Gasteiger partial charge on any atom is 0.416 e. The molecular weight excluding hydrogens is 581 g/mol. The number of nitrogens with zero attached hydrogens (tertiary/aromatic N) is 4. The van der Waals surface area contributed by atoms with Crippen molar-refractivity contribution in [3.05, 3.63) is 58.7 Å². The summed E-state index contributed by atoms with van der Waals surface area (Å²) < 4.78 is 52.7. The summed E-state index contributed by atoms with van der Waals surface area (Å²) in [6.45, 7) is 2.52. The number of nitrogen functional groups attached to an aromatic ring is 1. The third-order valence-electron chi connectivity index (χ3n) is 6.82. The molecule has 3 heterocycles. The molecule has 0 spiro atoms. The molecule has 1 fully saturated rings.